The number of benzene rings is 4. The Hall–Kier alpha value is -8.47. The van der Waals surface area contributed by atoms with Crippen molar-refractivity contribution in [2.75, 3.05) is 48.8 Å². The molecular weight excluding hydrogens is 900 g/mol. The summed E-state index contributed by atoms with van der Waals surface area (Å²) in [5.74, 6) is -2.10. The third-order valence-electron chi connectivity index (χ3n) is 10.9. The quantitative estimate of drug-likeness (QED) is 0.0629. The highest BCUT2D eigenvalue weighted by Crippen LogP contribution is 2.41. The van der Waals surface area contributed by atoms with Crippen LogP contribution in [0.3, 0.4) is 0 Å². The molecule has 1 saturated heterocycles. The third-order valence-corrected chi connectivity index (χ3v) is 10.9. The number of aryl methyl sites for hydroxylation is 2. The summed E-state index contributed by atoms with van der Waals surface area (Å²) in [4.78, 5) is 42.5. The van der Waals surface area contributed by atoms with Gasteiger partial charge < -0.3 is 39.0 Å². The van der Waals surface area contributed by atoms with Gasteiger partial charge in [-0.1, -0.05) is 36.4 Å². The van der Waals surface area contributed by atoms with Crippen molar-refractivity contribution in [3.63, 3.8) is 0 Å². The normalized spacial score (nSPS) is 12.9. The number of nitro benzene ring substituents is 2. The van der Waals surface area contributed by atoms with Crippen LogP contribution in [0.4, 0.5) is 62.3 Å². The van der Waals surface area contributed by atoms with Gasteiger partial charge in [-0.25, -0.2) is 19.9 Å². The lowest BCUT2D eigenvalue weighted by atomic mass is 10.1. The number of piperazine rings is 1. The molecule has 350 valence electrons. The van der Waals surface area contributed by atoms with Crippen LogP contribution in [0, 0.1) is 26.0 Å². The number of hydrogen-bond acceptors (Lipinski definition) is 14. The summed E-state index contributed by atoms with van der Waals surface area (Å²) in [6.45, 7) is -3.95. The largest absolute Gasteiger partial charge is 0.433 e. The molecule has 0 atom stereocenters. The molecule has 5 heterocycles. The number of nitro groups is 2. The van der Waals surface area contributed by atoms with Crippen molar-refractivity contribution in [3.8, 4) is 34.0 Å². The number of anilines is 5. The lowest BCUT2D eigenvalue weighted by Crippen LogP contribution is -2.44. The van der Waals surface area contributed by atoms with Crippen molar-refractivity contribution >= 4 is 62.1 Å². The Kier molecular flexibility index (Phi) is 13.2. The molecule has 0 spiro atoms. The fraction of sp³-hybridized carbons (Fsp3) is 0.200. The Labute approximate surface area is 382 Å². The molecule has 68 heavy (non-hydrogen) atoms. The molecule has 0 radical (unpaired) electrons. The van der Waals surface area contributed by atoms with Gasteiger partial charge in [0, 0.05) is 122 Å². The zero-order valence-electron chi connectivity index (χ0n) is 36.2. The number of fused-ring (bicyclic) bond motifs is 2. The average molecular weight is 939 g/mol. The van der Waals surface area contributed by atoms with E-state index in [0.29, 0.717) is 43.6 Å². The number of nitrogens with one attached hydrogen (secondary N) is 2. The fourth-order valence-corrected chi connectivity index (χ4v) is 7.74. The molecule has 18 nitrogen and oxygen atoms in total. The van der Waals surface area contributed by atoms with E-state index in [2.05, 4.69) is 40.2 Å². The number of halogens is 5. The monoisotopic (exact) mass is 938 g/mol. The molecule has 8 aromatic rings. The van der Waals surface area contributed by atoms with Gasteiger partial charge in [0.25, 0.3) is 5.69 Å². The van der Waals surface area contributed by atoms with Gasteiger partial charge in [-0.2, -0.15) is 22.0 Å². The SMILES string of the molecule is CN1CCN(c2cc(OC(F)F)c(Nc3nccc(-c4cn(C)c5ccccc45)n3)cc2[N+](=O)[O-])CC1.Cn1cc(-c2ccnc(Nc3cc([N+](=O)[O-])c(F)cc3OC(F)F)n2)c2ccccc21. The summed E-state index contributed by atoms with van der Waals surface area (Å²) in [5.41, 5.74) is 3.60. The van der Waals surface area contributed by atoms with E-state index in [1.807, 2.05) is 91.2 Å². The van der Waals surface area contributed by atoms with E-state index >= 15 is 0 Å². The van der Waals surface area contributed by atoms with Crippen molar-refractivity contribution in [1.82, 2.24) is 34.0 Å². The lowest BCUT2D eigenvalue weighted by molar-refractivity contribution is -0.387. The van der Waals surface area contributed by atoms with Crippen LogP contribution in [-0.2, 0) is 14.1 Å². The van der Waals surface area contributed by atoms with Gasteiger partial charge in [-0.05, 0) is 31.3 Å². The van der Waals surface area contributed by atoms with E-state index in [1.165, 1.54) is 24.5 Å². The number of alkyl halides is 4. The minimum absolute atomic E-state index is 0.0278. The Morgan fingerprint density at radius 2 is 1.09 bits per heavy atom. The Balaban J connectivity index is 0.000000187. The number of hydrogen-bond donors (Lipinski definition) is 2. The first-order valence-electron chi connectivity index (χ1n) is 20.6. The lowest BCUT2D eigenvalue weighted by Gasteiger charge is -2.34. The van der Waals surface area contributed by atoms with Crippen LogP contribution in [0.15, 0.2) is 110 Å². The maximum absolute atomic E-state index is 13.9. The highest BCUT2D eigenvalue weighted by molar-refractivity contribution is 5.96. The molecule has 1 fully saturated rings. The second-order valence-electron chi connectivity index (χ2n) is 15.3. The summed E-state index contributed by atoms with van der Waals surface area (Å²) in [5, 5.41) is 30.4. The van der Waals surface area contributed by atoms with Gasteiger partial charge in [-0.3, -0.25) is 20.2 Å². The second kappa shape index (κ2) is 19.6. The third kappa shape index (κ3) is 10.0. The van der Waals surface area contributed by atoms with E-state index in [1.54, 1.807) is 17.0 Å². The van der Waals surface area contributed by atoms with E-state index in [0.717, 1.165) is 39.0 Å². The van der Waals surface area contributed by atoms with Crippen molar-refractivity contribution < 1.29 is 41.3 Å². The van der Waals surface area contributed by atoms with Gasteiger partial charge in [0.1, 0.15) is 5.69 Å². The molecule has 2 N–H and O–H groups in total. The summed E-state index contributed by atoms with van der Waals surface area (Å²) < 4.78 is 78.9. The molecular formula is C45H39F5N12O6. The summed E-state index contributed by atoms with van der Waals surface area (Å²) in [7, 11) is 5.77. The molecule has 4 aromatic heterocycles. The highest BCUT2D eigenvalue weighted by atomic mass is 19.3. The van der Waals surface area contributed by atoms with Gasteiger partial charge in [0.05, 0.1) is 32.6 Å². The van der Waals surface area contributed by atoms with Crippen LogP contribution in [0.2, 0.25) is 0 Å². The van der Waals surface area contributed by atoms with Crippen LogP contribution in [0.1, 0.15) is 0 Å². The number of nitrogens with zero attached hydrogens (tertiary/aromatic N) is 10. The average Bonchev–Trinajstić information content (AvgIpc) is 3.83. The first kappa shape index (κ1) is 46.1. The van der Waals surface area contributed by atoms with E-state index in [9.17, 15) is 42.2 Å². The van der Waals surface area contributed by atoms with Crippen molar-refractivity contribution in [2.45, 2.75) is 13.2 Å². The zero-order chi connectivity index (χ0) is 48.2. The molecule has 0 amide bonds. The van der Waals surface area contributed by atoms with Crippen LogP contribution < -0.4 is 25.0 Å². The second-order valence-corrected chi connectivity index (χ2v) is 15.3. The maximum atomic E-state index is 13.9. The standard InChI is InChI=1S/C25H25F2N7O3.C20H14F3N5O3/c1-31-9-11-33(12-10-31)21-14-23(37-24(26)27)19(13-22(21)34(35)36)30-25-28-8-7-18(29-25)17-15-32(2)20-6-4-3-5-16(17)20;1-27-10-12(11-4-2-3-5-16(11)27)14-6-7-24-20(25-14)26-15-9-17(28(29)30)13(21)8-18(15)31-19(22)23/h3-8,13-15,24H,9-12H2,1-2H3,(H,28,29,30);2-10,19H,1H3,(H,24,25,26). The van der Waals surface area contributed by atoms with E-state index in [4.69, 9.17) is 4.74 Å². The summed E-state index contributed by atoms with van der Waals surface area (Å²) in [6.07, 6.45) is 6.80. The molecule has 0 aliphatic carbocycles. The molecule has 0 bridgehead atoms. The number of ether oxygens (including phenoxy) is 2. The minimum Gasteiger partial charge on any atom is -0.433 e. The van der Waals surface area contributed by atoms with Crippen LogP contribution in [0.5, 0.6) is 11.5 Å². The smallest absolute Gasteiger partial charge is 0.387 e. The van der Waals surface area contributed by atoms with E-state index < -0.39 is 40.3 Å². The molecule has 0 unspecified atom stereocenters. The van der Waals surface area contributed by atoms with Crippen LogP contribution in [-0.4, -0.2) is 90.3 Å². The first-order chi connectivity index (χ1) is 32.6. The predicted octanol–water partition coefficient (Wildman–Crippen LogP) is 9.67. The maximum Gasteiger partial charge on any atom is 0.387 e. The Morgan fingerprint density at radius 1 is 0.632 bits per heavy atom. The van der Waals surface area contributed by atoms with Gasteiger partial charge in [-0.15, -0.1) is 0 Å². The predicted molar refractivity (Wildman–Crippen MR) is 244 cm³/mol. The number of rotatable bonds is 13. The van der Waals surface area contributed by atoms with Crippen molar-refractivity contribution in [2.24, 2.45) is 14.1 Å². The van der Waals surface area contributed by atoms with Gasteiger partial charge in [0.15, 0.2) is 11.5 Å². The highest BCUT2D eigenvalue weighted by Gasteiger charge is 2.28. The molecule has 1 aliphatic heterocycles. The minimum atomic E-state index is -3.26. The van der Waals surface area contributed by atoms with E-state index in [-0.39, 0.29) is 40.4 Å². The number of aromatic nitrogens is 6. The van der Waals surface area contributed by atoms with Gasteiger partial charge in [0.2, 0.25) is 17.7 Å². The van der Waals surface area contributed by atoms with Crippen molar-refractivity contribution in [3.05, 3.63) is 136 Å². The number of para-hydroxylation sites is 2. The topological polar surface area (TPSA) is 197 Å². The molecule has 9 rings (SSSR count). The first-order valence-corrected chi connectivity index (χ1v) is 20.6. The molecule has 0 saturated carbocycles. The van der Waals surface area contributed by atoms with Crippen LogP contribution in [0.25, 0.3) is 44.3 Å². The van der Waals surface area contributed by atoms with Crippen LogP contribution >= 0.6 is 0 Å². The van der Waals surface area contributed by atoms with Crippen molar-refractivity contribution in [1.29, 1.82) is 0 Å². The fourth-order valence-electron chi connectivity index (χ4n) is 7.74. The molecule has 4 aromatic carbocycles. The Bertz CT molecular complexity index is 3160. The molecule has 1 aliphatic rings. The number of likely N-dealkylation sites (N-methyl/N-ethyl adjacent to an activating group) is 1. The van der Waals surface area contributed by atoms with Gasteiger partial charge >= 0.3 is 18.9 Å². The Morgan fingerprint density at radius 3 is 1.56 bits per heavy atom. The molecule has 23 heteroatoms. The zero-order valence-corrected chi connectivity index (χ0v) is 36.2. The summed E-state index contributed by atoms with van der Waals surface area (Å²) >= 11 is 0. The summed E-state index contributed by atoms with van der Waals surface area (Å²) in [6, 6.07) is 22.7.